The van der Waals surface area contributed by atoms with Gasteiger partial charge in [-0.3, -0.25) is 0 Å². The third-order valence-corrected chi connectivity index (χ3v) is 4.18. The minimum Gasteiger partial charge on any atom is -0.351 e. The molecule has 16 heavy (non-hydrogen) atoms. The van der Waals surface area contributed by atoms with Gasteiger partial charge in [0.2, 0.25) is 0 Å². The quantitative estimate of drug-likeness (QED) is 0.777. The smallest absolute Gasteiger partial charge is 0.0480 e. The molecule has 2 nitrogen and oxygen atoms in total. The molecule has 2 aromatic rings. The van der Waals surface area contributed by atoms with Crippen molar-refractivity contribution < 1.29 is 0 Å². The number of fused-ring (bicyclic) bond motifs is 1. The predicted molar refractivity (Wildman–Crippen MR) is 67.4 cm³/mol. The van der Waals surface area contributed by atoms with Crippen LogP contribution in [0.4, 0.5) is 0 Å². The molecule has 1 fully saturated rings. The van der Waals surface area contributed by atoms with Crippen molar-refractivity contribution in [1.82, 2.24) is 4.57 Å². The Hall–Kier alpha value is -1.28. The molecule has 0 amide bonds. The Morgan fingerprint density at radius 3 is 2.56 bits per heavy atom. The summed E-state index contributed by atoms with van der Waals surface area (Å²) < 4.78 is 2.17. The number of aryl methyl sites for hydroxylation is 1. The molecule has 1 heterocycles. The lowest BCUT2D eigenvalue weighted by Crippen LogP contribution is -2.06. The van der Waals surface area contributed by atoms with Gasteiger partial charge in [-0.15, -0.1) is 0 Å². The Kier molecular flexibility index (Phi) is 1.79. The maximum Gasteiger partial charge on any atom is 0.0480 e. The minimum absolute atomic E-state index is 0.263. The fourth-order valence-corrected chi connectivity index (χ4v) is 2.79. The molecule has 2 unspecified atom stereocenters. The SMILES string of the molecule is Cn1ccc2ccc(C3C(N)C3(C)C)cc21. The van der Waals surface area contributed by atoms with Crippen molar-refractivity contribution in [2.45, 2.75) is 25.8 Å². The summed E-state index contributed by atoms with van der Waals surface area (Å²) in [5.74, 6) is 0.520. The van der Waals surface area contributed by atoms with Crippen LogP contribution in [0.15, 0.2) is 30.5 Å². The van der Waals surface area contributed by atoms with Crippen LogP contribution in [0.5, 0.6) is 0 Å². The Morgan fingerprint density at radius 1 is 1.25 bits per heavy atom. The van der Waals surface area contributed by atoms with Crippen LogP contribution < -0.4 is 5.73 Å². The number of hydrogen-bond acceptors (Lipinski definition) is 1. The topological polar surface area (TPSA) is 30.9 Å². The summed E-state index contributed by atoms with van der Waals surface area (Å²) in [6, 6.07) is 9.17. The highest BCUT2D eigenvalue weighted by Crippen LogP contribution is 2.57. The first-order valence-corrected chi connectivity index (χ1v) is 5.82. The highest BCUT2D eigenvalue weighted by molar-refractivity contribution is 5.81. The van der Waals surface area contributed by atoms with Gasteiger partial charge in [-0.05, 0) is 28.5 Å². The third kappa shape index (κ3) is 1.17. The van der Waals surface area contributed by atoms with Gasteiger partial charge < -0.3 is 10.3 Å². The first kappa shape index (κ1) is 9.91. The van der Waals surface area contributed by atoms with E-state index in [1.165, 1.54) is 16.5 Å². The van der Waals surface area contributed by atoms with Crippen molar-refractivity contribution >= 4 is 10.9 Å². The van der Waals surface area contributed by atoms with E-state index in [0.717, 1.165) is 0 Å². The summed E-state index contributed by atoms with van der Waals surface area (Å²) in [7, 11) is 2.09. The van der Waals surface area contributed by atoms with Crippen LogP contribution in [0.2, 0.25) is 0 Å². The van der Waals surface area contributed by atoms with E-state index in [0.29, 0.717) is 12.0 Å². The van der Waals surface area contributed by atoms with Crippen LogP contribution in [0.25, 0.3) is 10.9 Å². The number of benzene rings is 1. The second-order valence-electron chi connectivity index (χ2n) is 5.57. The molecule has 3 rings (SSSR count). The van der Waals surface area contributed by atoms with Crippen molar-refractivity contribution in [3.05, 3.63) is 36.0 Å². The summed E-state index contributed by atoms with van der Waals surface area (Å²) in [5, 5.41) is 1.30. The molecule has 1 aromatic carbocycles. The minimum atomic E-state index is 0.263. The summed E-state index contributed by atoms with van der Waals surface area (Å²) in [6.07, 6.45) is 2.10. The maximum atomic E-state index is 6.13. The van der Waals surface area contributed by atoms with Crippen molar-refractivity contribution in [2.24, 2.45) is 18.2 Å². The maximum absolute atomic E-state index is 6.13. The molecule has 2 heteroatoms. The number of nitrogens with two attached hydrogens (primary N) is 1. The molecule has 0 radical (unpaired) electrons. The summed E-state index contributed by atoms with van der Waals surface area (Å²) in [6.45, 7) is 4.50. The zero-order chi connectivity index (χ0) is 11.5. The molecule has 0 spiro atoms. The molecule has 2 atom stereocenters. The molecular formula is C14H18N2. The van der Waals surface area contributed by atoms with Gasteiger partial charge in [-0.2, -0.15) is 0 Å². The Bertz CT molecular complexity index is 551. The van der Waals surface area contributed by atoms with Gasteiger partial charge >= 0.3 is 0 Å². The molecule has 1 saturated carbocycles. The average Bonchev–Trinajstić information content (AvgIpc) is 2.58. The number of rotatable bonds is 1. The number of hydrogen-bond donors (Lipinski definition) is 1. The fourth-order valence-electron chi connectivity index (χ4n) is 2.79. The lowest BCUT2D eigenvalue weighted by Gasteiger charge is -2.04. The monoisotopic (exact) mass is 214 g/mol. The first-order chi connectivity index (χ1) is 7.51. The largest absolute Gasteiger partial charge is 0.351 e. The lowest BCUT2D eigenvalue weighted by atomic mass is 10.0. The highest BCUT2D eigenvalue weighted by atomic mass is 14.9. The van der Waals surface area contributed by atoms with Gasteiger partial charge in [-0.25, -0.2) is 0 Å². The van der Waals surface area contributed by atoms with Gasteiger partial charge in [0.1, 0.15) is 0 Å². The molecule has 84 valence electrons. The summed E-state index contributed by atoms with van der Waals surface area (Å²) in [5.41, 5.74) is 9.07. The molecular weight excluding hydrogens is 196 g/mol. The molecule has 0 bridgehead atoms. The zero-order valence-electron chi connectivity index (χ0n) is 10.1. The van der Waals surface area contributed by atoms with Crippen LogP contribution in [0.1, 0.15) is 25.3 Å². The van der Waals surface area contributed by atoms with E-state index in [1.54, 1.807) is 0 Å². The first-order valence-electron chi connectivity index (χ1n) is 5.82. The van der Waals surface area contributed by atoms with Gasteiger partial charge in [0.25, 0.3) is 0 Å². The molecule has 1 aromatic heterocycles. The third-order valence-electron chi connectivity index (χ3n) is 4.18. The Morgan fingerprint density at radius 2 is 1.94 bits per heavy atom. The molecule has 1 aliphatic carbocycles. The van der Waals surface area contributed by atoms with E-state index >= 15 is 0 Å². The van der Waals surface area contributed by atoms with Gasteiger partial charge in [-0.1, -0.05) is 26.0 Å². The van der Waals surface area contributed by atoms with Crippen molar-refractivity contribution in [3.63, 3.8) is 0 Å². The normalized spacial score (nSPS) is 27.2. The Balaban J connectivity index is 2.09. The summed E-state index contributed by atoms with van der Waals surface area (Å²) in [4.78, 5) is 0. The lowest BCUT2D eigenvalue weighted by molar-refractivity contribution is 0.599. The van der Waals surface area contributed by atoms with Crippen molar-refractivity contribution in [1.29, 1.82) is 0 Å². The van der Waals surface area contributed by atoms with Crippen LogP contribution in [0.3, 0.4) is 0 Å². The van der Waals surface area contributed by atoms with E-state index < -0.39 is 0 Å². The zero-order valence-corrected chi connectivity index (χ0v) is 10.1. The molecule has 2 N–H and O–H groups in total. The van der Waals surface area contributed by atoms with Gasteiger partial charge in [0, 0.05) is 30.7 Å². The second kappa shape index (κ2) is 2.89. The predicted octanol–water partition coefficient (Wildman–Crippen LogP) is 2.63. The molecule has 1 aliphatic rings. The summed E-state index contributed by atoms with van der Waals surface area (Å²) >= 11 is 0. The van der Waals surface area contributed by atoms with E-state index in [4.69, 9.17) is 5.73 Å². The number of aromatic nitrogens is 1. The fraction of sp³-hybridized carbons (Fsp3) is 0.429. The van der Waals surface area contributed by atoms with Gasteiger partial charge in [0.05, 0.1) is 0 Å². The van der Waals surface area contributed by atoms with Gasteiger partial charge in [0.15, 0.2) is 0 Å². The van der Waals surface area contributed by atoms with E-state index in [1.807, 2.05) is 0 Å². The van der Waals surface area contributed by atoms with E-state index in [2.05, 4.69) is 55.9 Å². The van der Waals surface area contributed by atoms with Crippen LogP contribution in [0, 0.1) is 5.41 Å². The van der Waals surface area contributed by atoms with Crippen molar-refractivity contribution in [3.8, 4) is 0 Å². The molecule has 0 aliphatic heterocycles. The van der Waals surface area contributed by atoms with Crippen LogP contribution in [-0.4, -0.2) is 10.6 Å². The Labute approximate surface area is 96.1 Å². The second-order valence-corrected chi connectivity index (χ2v) is 5.57. The van der Waals surface area contributed by atoms with E-state index in [-0.39, 0.29) is 5.41 Å². The standard InChI is InChI=1S/C14H18N2/c1-14(2)12(13(14)15)10-5-4-9-6-7-16(3)11(9)8-10/h4-8,12-13H,15H2,1-3H3. The van der Waals surface area contributed by atoms with Crippen LogP contribution >= 0.6 is 0 Å². The average molecular weight is 214 g/mol. The van der Waals surface area contributed by atoms with E-state index in [9.17, 15) is 0 Å². The van der Waals surface area contributed by atoms with Crippen molar-refractivity contribution in [2.75, 3.05) is 0 Å². The number of nitrogens with zero attached hydrogens (tertiary/aromatic N) is 1. The highest BCUT2D eigenvalue weighted by Gasteiger charge is 2.56. The molecule has 0 saturated heterocycles. The van der Waals surface area contributed by atoms with Crippen LogP contribution in [-0.2, 0) is 7.05 Å².